The average molecular weight is 256 g/mol. The summed E-state index contributed by atoms with van der Waals surface area (Å²) in [6.45, 7) is 7.44. The molecular formula is C12H24N4O2. The molecule has 0 saturated carbocycles. The van der Waals surface area contributed by atoms with Crippen molar-refractivity contribution in [2.75, 3.05) is 20.1 Å². The molecule has 3 unspecified atom stereocenters. The number of nitrogens with two attached hydrogens (primary N) is 1. The predicted molar refractivity (Wildman–Crippen MR) is 70.5 cm³/mol. The number of oxime groups is 1. The van der Waals surface area contributed by atoms with Gasteiger partial charge in [-0.15, -0.1) is 0 Å². The van der Waals surface area contributed by atoms with E-state index in [4.69, 9.17) is 10.9 Å². The molecular weight excluding hydrogens is 232 g/mol. The summed E-state index contributed by atoms with van der Waals surface area (Å²) in [5.74, 6) is -0.556. The van der Waals surface area contributed by atoms with Crippen LogP contribution >= 0.6 is 0 Å². The first-order valence-corrected chi connectivity index (χ1v) is 6.40. The maximum Gasteiger partial charge on any atom is 0.233 e. The van der Waals surface area contributed by atoms with Crippen LogP contribution in [-0.2, 0) is 4.79 Å². The van der Waals surface area contributed by atoms with Gasteiger partial charge in [-0.3, -0.25) is 9.69 Å². The summed E-state index contributed by atoms with van der Waals surface area (Å²) in [6.07, 6.45) is 0.545. The van der Waals surface area contributed by atoms with Crippen LogP contribution in [0.25, 0.3) is 0 Å². The van der Waals surface area contributed by atoms with Gasteiger partial charge in [0, 0.05) is 25.2 Å². The lowest BCUT2D eigenvalue weighted by Crippen LogP contribution is -2.58. The van der Waals surface area contributed by atoms with Crippen LogP contribution in [0.5, 0.6) is 0 Å². The minimum absolute atomic E-state index is 0.00161. The Morgan fingerprint density at radius 2 is 1.94 bits per heavy atom. The van der Waals surface area contributed by atoms with Gasteiger partial charge in [0.2, 0.25) is 5.91 Å². The molecule has 0 aliphatic carbocycles. The van der Waals surface area contributed by atoms with Crippen LogP contribution in [0, 0.1) is 5.92 Å². The van der Waals surface area contributed by atoms with E-state index in [1.54, 1.807) is 0 Å². The number of piperazine rings is 1. The van der Waals surface area contributed by atoms with E-state index in [0.29, 0.717) is 31.6 Å². The van der Waals surface area contributed by atoms with Crippen LogP contribution < -0.4 is 5.73 Å². The largest absolute Gasteiger partial charge is 0.409 e. The Morgan fingerprint density at radius 3 is 2.33 bits per heavy atom. The fraction of sp³-hybridized carbons (Fsp3) is 0.833. The number of amidine groups is 1. The van der Waals surface area contributed by atoms with Crippen molar-refractivity contribution in [3.8, 4) is 0 Å². The topological polar surface area (TPSA) is 82.2 Å². The van der Waals surface area contributed by atoms with Crippen LogP contribution in [0.4, 0.5) is 0 Å². The Labute approximate surface area is 108 Å². The smallest absolute Gasteiger partial charge is 0.233 e. The summed E-state index contributed by atoms with van der Waals surface area (Å²) in [4.78, 5) is 16.4. The first-order chi connectivity index (χ1) is 8.42. The number of nitrogens with zero attached hydrogens (tertiary/aromatic N) is 3. The Balaban J connectivity index is 2.78. The third-order valence-corrected chi connectivity index (χ3v) is 3.85. The zero-order valence-corrected chi connectivity index (χ0v) is 11.6. The molecule has 6 nitrogen and oxygen atoms in total. The SMILES string of the molecule is CCC(C(=O)N1CC(C)N(C)C(C)C1)C(N)=NO. The quantitative estimate of drug-likeness (QED) is 0.329. The van der Waals surface area contributed by atoms with E-state index >= 15 is 0 Å². The van der Waals surface area contributed by atoms with E-state index in [1.807, 2.05) is 11.8 Å². The third kappa shape index (κ3) is 2.93. The number of hydrogen-bond donors (Lipinski definition) is 2. The van der Waals surface area contributed by atoms with Crippen molar-refractivity contribution in [3.63, 3.8) is 0 Å². The van der Waals surface area contributed by atoms with Crippen molar-refractivity contribution in [3.05, 3.63) is 0 Å². The van der Waals surface area contributed by atoms with Crippen molar-refractivity contribution in [1.29, 1.82) is 0 Å². The second kappa shape index (κ2) is 6.04. The average Bonchev–Trinajstić information content (AvgIpc) is 2.35. The predicted octanol–water partition coefficient (Wildman–Crippen LogP) is 0.310. The van der Waals surface area contributed by atoms with Crippen LogP contribution in [-0.4, -0.2) is 59.0 Å². The minimum Gasteiger partial charge on any atom is -0.409 e. The first kappa shape index (κ1) is 14.8. The number of rotatable bonds is 3. The molecule has 18 heavy (non-hydrogen) atoms. The first-order valence-electron chi connectivity index (χ1n) is 6.40. The second-order valence-corrected chi connectivity index (χ2v) is 5.09. The molecule has 3 N–H and O–H groups in total. The van der Waals surface area contributed by atoms with Crippen molar-refractivity contribution < 1.29 is 10.0 Å². The standard InChI is InChI=1S/C12H24N4O2/c1-5-10(11(13)14-18)12(17)16-6-8(2)15(4)9(3)7-16/h8-10,18H,5-7H2,1-4H3,(H2,13,14). The van der Waals surface area contributed by atoms with Crippen LogP contribution in [0.3, 0.4) is 0 Å². The Hall–Kier alpha value is -1.30. The van der Waals surface area contributed by atoms with E-state index in [0.717, 1.165) is 0 Å². The van der Waals surface area contributed by atoms with Crippen LogP contribution in [0.15, 0.2) is 5.16 Å². The van der Waals surface area contributed by atoms with Gasteiger partial charge in [-0.05, 0) is 27.3 Å². The summed E-state index contributed by atoms with van der Waals surface area (Å²) in [7, 11) is 2.07. The summed E-state index contributed by atoms with van der Waals surface area (Å²) < 4.78 is 0. The molecule has 0 aromatic heterocycles. The zero-order chi connectivity index (χ0) is 13.9. The van der Waals surface area contributed by atoms with Gasteiger partial charge in [0.05, 0.1) is 5.92 Å². The second-order valence-electron chi connectivity index (χ2n) is 5.09. The molecule has 0 bridgehead atoms. The Morgan fingerprint density at radius 1 is 1.44 bits per heavy atom. The molecule has 1 aliphatic heterocycles. The van der Waals surface area contributed by atoms with Crippen molar-refractivity contribution in [1.82, 2.24) is 9.80 Å². The third-order valence-electron chi connectivity index (χ3n) is 3.85. The van der Waals surface area contributed by atoms with Crippen molar-refractivity contribution in [2.24, 2.45) is 16.8 Å². The molecule has 0 spiro atoms. The molecule has 1 aliphatic rings. The lowest BCUT2D eigenvalue weighted by atomic mass is 10.0. The normalized spacial score (nSPS) is 28.2. The monoisotopic (exact) mass is 256 g/mol. The highest BCUT2D eigenvalue weighted by Crippen LogP contribution is 2.17. The number of hydrogen-bond acceptors (Lipinski definition) is 4. The van der Waals surface area contributed by atoms with Crippen molar-refractivity contribution >= 4 is 11.7 Å². The highest BCUT2D eigenvalue weighted by molar-refractivity contribution is 6.02. The molecule has 6 heteroatoms. The minimum atomic E-state index is -0.516. The summed E-state index contributed by atoms with van der Waals surface area (Å²) in [6, 6.07) is 0.644. The summed E-state index contributed by atoms with van der Waals surface area (Å²) in [5.41, 5.74) is 5.57. The molecule has 1 saturated heterocycles. The molecule has 104 valence electrons. The molecule has 1 heterocycles. The van der Waals surface area contributed by atoms with Gasteiger partial charge in [0.15, 0.2) is 5.84 Å². The van der Waals surface area contributed by atoms with Gasteiger partial charge in [0.25, 0.3) is 0 Å². The Kier molecular flexibility index (Phi) is 4.95. The van der Waals surface area contributed by atoms with E-state index in [9.17, 15) is 4.79 Å². The number of carbonyl (C=O) groups is 1. The van der Waals surface area contributed by atoms with E-state index in [1.165, 1.54) is 0 Å². The Bertz CT molecular complexity index is 320. The lowest BCUT2D eigenvalue weighted by Gasteiger charge is -2.43. The van der Waals surface area contributed by atoms with Gasteiger partial charge in [-0.1, -0.05) is 12.1 Å². The van der Waals surface area contributed by atoms with Gasteiger partial charge in [-0.25, -0.2) is 0 Å². The number of likely N-dealkylation sites (N-methyl/N-ethyl adjacent to an activating group) is 1. The fourth-order valence-electron chi connectivity index (χ4n) is 2.38. The van der Waals surface area contributed by atoms with Crippen molar-refractivity contribution in [2.45, 2.75) is 39.3 Å². The molecule has 0 aromatic carbocycles. The van der Waals surface area contributed by atoms with E-state index < -0.39 is 5.92 Å². The maximum absolute atomic E-state index is 12.4. The van der Waals surface area contributed by atoms with Gasteiger partial charge in [-0.2, -0.15) is 0 Å². The highest BCUT2D eigenvalue weighted by atomic mass is 16.4. The fourth-order valence-corrected chi connectivity index (χ4v) is 2.38. The van der Waals surface area contributed by atoms with E-state index in [2.05, 4.69) is 31.0 Å². The molecule has 1 amide bonds. The number of carbonyl (C=O) groups excluding carboxylic acids is 1. The van der Waals surface area contributed by atoms with Gasteiger partial charge >= 0.3 is 0 Å². The highest BCUT2D eigenvalue weighted by Gasteiger charge is 2.33. The molecule has 0 aromatic rings. The van der Waals surface area contributed by atoms with E-state index in [-0.39, 0.29) is 11.7 Å². The molecule has 0 radical (unpaired) electrons. The van der Waals surface area contributed by atoms with Gasteiger partial charge < -0.3 is 15.8 Å². The van der Waals surface area contributed by atoms with Crippen LogP contribution in [0.1, 0.15) is 27.2 Å². The number of amides is 1. The summed E-state index contributed by atoms with van der Waals surface area (Å²) in [5, 5.41) is 11.7. The summed E-state index contributed by atoms with van der Waals surface area (Å²) >= 11 is 0. The molecule has 3 atom stereocenters. The zero-order valence-electron chi connectivity index (χ0n) is 11.6. The lowest BCUT2D eigenvalue weighted by molar-refractivity contribution is -0.137. The molecule has 1 fully saturated rings. The molecule has 1 rings (SSSR count). The maximum atomic E-state index is 12.4. The van der Waals surface area contributed by atoms with Gasteiger partial charge in [0.1, 0.15) is 0 Å². The van der Waals surface area contributed by atoms with Crippen LogP contribution in [0.2, 0.25) is 0 Å².